The molecule has 0 fully saturated rings. The van der Waals surface area contributed by atoms with Crippen molar-refractivity contribution in [3.8, 4) is 0 Å². The SMILES string of the molecule is OCC[C@H](NCc1ncccc1Cl)c1ccc(Cl)cc1. The molecule has 0 aliphatic rings. The quantitative estimate of drug-likeness (QED) is 0.857. The molecule has 20 heavy (non-hydrogen) atoms. The van der Waals surface area contributed by atoms with Crippen molar-refractivity contribution in [3.63, 3.8) is 0 Å². The van der Waals surface area contributed by atoms with Crippen LogP contribution in [0, 0.1) is 0 Å². The Kier molecular flexibility index (Phi) is 5.80. The van der Waals surface area contributed by atoms with Crippen molar-refractivity contribution in [1.82, 2.24) is 10.3 Å². The lowest BCUT2D eigenvalue weighted by molar-refractivity contribution is 0.265. The monoisotopic (exact) mass is 310 g/mol. The molecule has 0 spiro atoms. The summed E-state index contributed by atoms with van der Waals surface area (Å²) in [6.45, 7) is 0.656. The van der Waals surface area contributed by atoms with Crippen LogP contribution in [0.4, 0.5) is 0 Å². The van der Waals surface area contributed by atoms with Crippen molar-refractivity contribution in [3.05, 3.63) is 63.9 Å². The van der Waals surface area contributed by atoms with Crippen LogP contribution in [0.15, 0.2) is 42.6 Å². The Bertz CT molecular complexity index is 546. The van der Waals surface area contributed by atoms with Crippen LogP contribution in [0.1, 0.15) is 23.7 Å². The van der Waals surface area contributed by atoms with Crippen molar-refractivity contribution in [2.24, 2.45) is 0 Å². The fraction of sp³-hybridized carbons (Fsp3) is 0.267. The third kappa shape index (κ3) is 4.18. The van der Waals surface area contributed by atoms with Crippen molar-refractivity contribution < 1.29 is 5.11 Å². The smallest absolute Gasteiger partial charge is 0.0727 e. The Balaban J connectivity index is 2.06. The molecule has 1 heterocycles. The molecular weight excluding hydrogens is 295 g/mol. The standard InChI is InChI=1S/C15H16Cl2N2O/c16-12-5-3-11(4-6-12)14(7-9-20)19-10-15-13(17)2-1-8-18-15/h1-6,8,14,19-20H,7,9-10H2/t14-/m0/s1. The molecule has 5 heteroatoms. The molecular formula is C15H16Cl2N2O. The Labute approximate surface area is 128 Å². The first-order valence-electron chi connectivity index (χ1n) is 6.40. The van der Waals surface area contributed by atoms with E-state index in [4.69, 9.17) is 23.2 Å². The lowest BCUT2D eigenvalue weighted by Gasteiger charge is -2.18. The predicted octanol–water partition coefficient (Wildman–Crippen LogP) is 3.60. The minimum Gasteiger partial charge on any atom is -0.396 e. The van der Waals surface area contributed by atoms with E-state index in [1.807, 2.05) is 30.3 Å². The lowest BCUT2D eigenvalue weighted by Crippen LogP contribution is -2.22. The number of pyridine rings is 1. The second-order valence-corrected chi connectivity index (χ2v) is 5.27. The third-order valence-electron chi connectivity index (χ3n) is 3.04. The van der Waals surface area contributed by atoms with Crippen LogP contribution in [-0.2, 0) is 6.54 Å². The van der Waals surface area contributed by atoms with E-state index in [-0.39, 0.29) is 12.6 Å². The van der Waals surface area contributed by atoms with Gasteiger partial charge in [0.1, 0.15) is 0 Å². The zero-order chi connectivity index (χ0) is 14.4. The van der Waals surface area contributed by atoms with Crippen LogP contribution >= 0.6 is 23.2 Å². The Morgan fingerprint density at radius 3 is 2.55 bits per heavy atom. The maximum absolute atomic E-state index is 9.20. The predicted molar refractivity (Wildman–Crippen MR) is 82.0 cm³/mol. The van der Waals surface area contributed by atoms with Crippen LogP contribution in [-0.4, -0.2) is 16.7 Å². The summed E-state index contributed by atoms with van der Waals surface area (Å²) in [6.07, 6.45) is 2.33. The molecule has 2 aromatic rings. The van der Waals surface area contributed by atoms with E-state index in [0.29, 0.717) is 23.0 Å². The van der Waals surface area contributed by atoms with E-state index >= 15 is 0 Å². The maximum Gasteiger partial charge on any atom is 0.0727 e. The van der Waals surface area contributed by atoms with Gasteiger partial charge in [-0.2, -0.15) is 0 Å². The molecule has 0 amide bonds. The number of hydrogen-bond acceptors (Lipinski definition) is 3. The van der Waals surface area contributed by atoms with E-state index < -0.39 is 0 Å². The minimum absolute atomic E-state index is 0.0374. The van der Waals surface area contributed by atoms with Crippen molar-refractivity contribution >= 4 is 23.2 Å². The first kappa shape index (κ1) is 15.3. The molecule has 0 aliphatic heterocycles. The second-order valence-electron chi connectivity index (χ2n) is 4.43. The van der Waals surface area contributed by atoms with Crippen LogP contribution in [0.5, 0.6) is 0 Å². The van der Waals surface area contributed by atoms with Gasteiger partial charge in [-0.15, -0.1) is 0 Å². The summed E-state index contributed by atoms with van der Waals surface area (Å²) in [5, 5.41) is 13.9. The number of nitrogens with one attached hydrogen (secondary N) is 1. The molecule has 2 rings (SSSR count). The number of rotatable bonds is 6. The summed E-state index contributed by atoms with van der Waals surface area (Å²) in [5.41, 5.74) is 1.88. The first-order chi connectivity index (χ1) is 9.70. The summed E-state index contributed by atoms with van der Waals surface area (Å²) >= 11 is 12.0. The zero-order valence-corrected chi connectivity index (χ0v) is 12.4. The first-order valence-corrected chi connectivity index (χ1v) is 7.15. The summed E-state index contributed by atoms with van der Waals surface area (Å²) in [4.78, 5) is 4.24. The maximum atomic E-state index is 9.20. The van der Waals surface area contributed by atoms with Crippen LogP contribution in [0.25, 0.3) is 0 Å². The number of aliphatic hydroxyl groups excluding tert-OH is 1. The molecule has 3 nitrogen and oxygen atoms in total. The fourth-order valence-corrected chi connectivity index (χ4v) is 2.29. The molecule has 1 aromatic carbocycles. The Morgan fingerprint density at radius 1 is 1.15 bits per heavy atom. The average Bonchev–Trinajstić information content (AvgIpc) is 2.46. The Hall–Kier alpha value is -1.13. The molecule has 0 unspecified atom stereocenters. The molecule has 0 radical (unpaired) electrons. The number of hydrogen-bond donors (Lipinski definition) is 2. The molecule has 0 bridgehead atoms. The van der Waals surface area contributed by atoms with Gasteiger partial charge in [0, 0.05) is 30.4 Å². The number of nitrogens with zero attached hydrogens (tertiary/aromatic N) is 1. The van der Waals surface area contributed by atoms with Gasteiger partial charge in [0.2, 0.25) is 0 Å². The van der Waals surface area contributed by atoms with Gasteiger partial charge in [0.15, 0.2) is 0 Å². The molecule has 0 aliphatic carbocycles. The fourth-order valence-electron chi connectivity index (χ4n) is 1.98. The summed E-state index contributed by atoms with van der Waals surface area (Å²) in [7, 11) is 0. The van der Waals surface area contributed by atoms with Crippen LogP contribution < -0.4 is 5.32 Å². The number of aromatic nitrogens is 1. The number of halogens is 2. The van der Waals surface area contributed by atoms with Gasteiger partial charge in [-0.25, -0.2) is 0 Å². The van der Waals surface area contributed by atoms with Crippen molar-refractivity contribution in [2.45, 2.75) is 19.0 Å². The minimum atomic E-state index is 0.0374. The molecule has 106 valence electrons. The number of benzene rings is 1. The highest BCUT2D eigenvalue weighted by molar-refractivity contribution is 6.31. The highest BCUT2D eigenvalue weighted by atomic mass is 35.5. The van der Waals surface area contributed by atoms with Gasteiger partial charge in [-0.3, -0.25) is 4.98 Å². The van der Waals surface area contributed by atoms with E-state index in [9.17, 15) is 5.11 Å². The topological polar surface area (TPSA) is 45.1 Å². The Morgan fingerprint density at radius 2 is 1.90 bits per heavy atom. The molecule has 0 saturated heterocycles. The lowest BCUT2D eigenvalue weighted by atomic mass is 10.0. The second kappa shape index (κ2) is 7.60. The van der Waals surface area contributed by atoms with E-state index in [1.165, 1.54) is 0 Å². The summed E-state index contributed by atoms with van der Waals surface area (Å²) in [6, 6.07) is 11.2. The molecule has 1 aromatic heterocycles. The van der Waals surface area contributed by atoms with Gasteiger partial charge in [-0.05, 0) is 36.2 Å². The number of aliphatic hydroxyl groups is 1. The van der Waals surface area contributed by atoms with E-state index in [2.05, 4.69) is 10.3 Å². The highest BCUT2D eigenvalue weighted by Gasteiger charge is 2.11. The molecule has 0 saturated carbocycles. The van der Waals surface area contributed by atoms with Crippen molar-refractivity contribution in [2.75, 3.05) is 6.61 Å². The third-order valence-corrected chi connectivity index (χ3v) is 3.64. The molecule has 2 N–H and O–H groups in total. The van der Waals surface area contributed by atoms with E-state index in [0.717, 1.165) is 11.3 Å². The van der Waals surface area contributed by atoms with E-state index in [1.54, 1.807) is 12.3 Å². The largest absolute Gasteiger partial charge is 0.396 e. The molecule has 1 atom stereocenters. The van der Waals surface area contributed by atoms with Crippen LogP contribution in [0.2, 0.25) is 10.0 Å². The van der Waals surface area contributed by atoms with Gasteiger partial charge in [-0.1, -0.05) is 35.3 Å². The van der Waals surface area contributed by atoms with Gasteiger partial charge < -0.3 is 10.4 Å². The van der Waals surface area contributed by atoms with Gasteiger partial charge in [0.25, 0.3) is 0 Å². The highest BCUT2D eigenvalue weighted by Crippen LogP contribution is 2.20. The van der Waals surface area contributed by atoms with Crippen LogP contribution in [0.3, 0.4) is 0 Å². The zero-order valence-electron chi connectivity index (χ0n) is 10.9. The summed E-state index contributed by atoms with van der Waals surface area (Å²) < 4.78 is 0. The van der Waals surface area contributed by atoms with Gasteiger partial charge >= 0.3 is 0 Å². The average molecular weight is 311 g/mol. The normalized spacial score (nSPS) is 12.3. The van der Waals surface area contributed by atoms with Crippen molar-refractivity contribution in [1.29, 1.82) is 0 Å². The summed E-state index contributed by atoms with van der Waals surface area (Å²) in [5.74, 6) is 0. The van der Waals surface area contributed by atoms with Gasteiger partial charge in [0.05, 0.1) is 10.7 Å².